The van der Waals surface area contributed by atoms with E-state index in [1.54, 1.807) is 6.07 Å². The maximum atomic E-state index is 12.4. The Labute approximate surface area is 163 Å². The van der Waals surface area contributed by atoms with E-state index in [0.717, 1.165) is 19.4 Å². The smallest absolute Gasteiger partial charge is 0.319 e. The molecule has 0 saturated carbocycles. The predicted molar refractivity (Wildman–Crippen MR) is 108 cm³/mol. The molecule has 2 bridgehead atoms. The first-order chi connectivity index (χ1) is 12.7. The lowest BCUT2D eigenvalue weighted by atomic mass is 9.81. The Morgan fingerprint density at radius 1 is 1.15 bits per heavy atom. The van der Waals surface area contributed by atoms with Gasteiger partial charge in [0.25, 0.3) is 0 Å². The van der Waals surface area contributed by atoms with Crippen LogP contribution in [0.3, 0.4) is 0 Å². The topological polar surface area (TPSA) is 44.4 Å². The molecule has 2 aliphatic heterocycles. The number of rotatable bonds is 4. The fraction of sp³-hybridized carbons (Fsp3) is 0.450. The number of nitrogens with one attached hydrogen (secondary N) is 2. The van der Waals surface area contributed by atoms with Gasteiger partial charge in [0.15, 0.2) is 0 Å². The Bertz CT molecular complexity index is 737. The van der Waals surface area contributed by atoms with Crippen molar-refractivity contribution in [1.82, 2.24) is 10.2 Å². The van der Waals surface area contributed by atoms with E-state index < -0.39 is 0 Å². The van der Waals surface area contributed by atoms with E-state index in [4.69, 9.17) is 11.6 Å². The largest absolute Gasteiger partial charge is 0.335 e. The molecule has 0 radical (unpaired) electrons. The van der Waals surface area contributed by atoms with Gasteiger partial charge >= 0.3 is 6.03 Å². The standard InChI is InChI=1S/C20H24ClN3OS/c21-18-8-1-2-9-19(18)23-20(25)22-14-11-15-5-3-6-16(12-14)24(15)13-17-7-4-10-26-17/h1-2,4,7-10,14-16H,3,5-6,11-13H2,(H2,22,23,25). The van der Waals surface area contributed by atoms with E-state index >= 15 is 0 Å². The Balaban J connectivity index is 1.36. The summed E-state index contributed by atoms with van der Waals surface area (Å²) in [5.74, 6) is 0. The minimum absolute atomic E-state index is 0.159. The molecule has 26 heavy (non-hydrogen) atoms. The normalized spacial score (nSPS) is 25.7. The number of urea groups is 1. The number of carbonyl (C=O) groups excluding carboxylic acids is 1. The average molecular weight is 390 g/mol. The molecule has 4 nitrogen and oxygen atoms in total. The number of benzene rings is 1. The summed E-state index contributed by atoms with van der Waals surface area (Å²) in [6.07, 6.45) is 5.81. The van der Waals surface area contributed by atoms with Gasteiger partial charge in [-0.05, 0) is 49.3 Å². The second-order valence-electron chi connectivity index (χ2n) is 7.24. The molecule has 2 atom stereocenters. The molecule has 2 aromatic rings. The van der Waals surface area contributed by atoms with Crippen molar-refractivity contribution in [3.63, 3.8) is 0 Å². The van der Waals surface area contributed by atoms with E-state index in [-0.39, 0.29) is 12.1 Å². The van der Waals surface area contributed by atoms with Crippen molar-refractivity contribution >= 4 is 34.7 Å². The number of halogens is 1. The molecule has 0 aliphatic carbocycles. The molecule has 3 heterocycles. The molecule has 1 aromatic carbocycles. The van der Waals surface area contributed by atoms with Gasteiger partial charge in [-0.3, -0.25) is 4.90 Å². The summed E-state index contributed by atoms with van der Waals surface area (Å²) in [7, 11) is 0. The number of para-hydroxylation sites is 1. The third-order valence-electron chi connectivity index (χ3n) is 5.50. The van der Waals surface area contributed by atoms with Crippen LogP contribution in [0.25, 0.3) is 0 Å². The van der Waals surface area contributed by atoms with Gasteiger partial charge in [-0.1, -0.05) is 36.2 Å². The van der Waals surface area contributed by atoms with Crippen LogP contribution in [0.4, 0.5) is 10.5 Å². The summed E-state index contributed by atoms with van der Waals surface area (Å²) < 4.78 is 0. The molecule has 0 spiro atoms. The molecule has 2 saturated heterocycles. The Morgan fingerprint density at radius 3 is 2.62 bits per heavy atom. The third-order valence-corrected chi connectivity index (χ3v) is 6.69. The van der Waals surface area contributed by atoms with Crippen molar-refractivity contribution in [3.05, 3.63) is 51.7 Å². The van der Waals surface area contributed by atoms with Gasteiger partial charge in [0.1, 0.15) is 0 Å². The molecule has 2 unspecified atom stereocenters. The molecular formula is C20H24ClN3OS. The van der Waals surface area contributed by atoms with Crippen LogP contribution < -0.4 is 10.6 Å². The Morgan fingerprint density at radius 2 is 1.92 bits per heavy atom. The molecule has 2 aliphatic rings. The summed E-state index contributed by atoms with van der Waals surface area (Å²) in [5.41, 5.74) is 0.655. The summed E-state index contributed by atoms with van der Waals surface area (Å²) in [4.78, 5) is 16.5. The van der Waals surface area contributed by atoms with Gasteiger partial charge < -0.3 is 10.6 Å². The van der Waals surface area contributed by atoms with Crippen LogP contribution >= 0.6 is 22.9 Å². The number of piperidine rings is 2. The van der Waals surface area contributed by atoms with Crippen molar-refractivity contribution in [1.29, 1.82) is 0 Å². The van der Waals surface area contributed by atoms with E-state index in [1.165, 1.54) is 24.1 Å². The lowest BCUT2D eigenvalue weighted by molar-refractivity contribution is 0.0208. The van der Waals surface area contributed by atoms with Crippen LogP contribution in [0.1, 0.15) is 37.0 Å². The zero-order valence-corrected chi connectivity index (χ0v) is 16.2. The predicted octanol–water partition coefficient (Wildman–Crippen LogP) is 5.11. The minimum Gasteiger partial charge on any atom is -0.335 e. The average Bonchev–Trinajstić information content (AvgIpc) is 3.11. The van der Waals surface area contributed by atoms with E-state index in [1.807, 2.05) is 29.5 Å². The maximum absolute atomic E-state index is 12.4. The van der Waals surface area contributed by atoms with Crippen LogP contribution in [0.5, 0.6) is 0 Å². The fourth-order valence-corrected chi connectivity index (χ4v) is 5.24. The highest BCUT2D eigenvalue weighted by atomic mass is 35.5. The highest BCUT2D eigenvalue weighted by Crippen LogP contribution is 2.35. The van der Waals surface area contributed by atoms with Crippen LogP contribution in [0.2, 0.25) is 5.02 Å². The maximum Gasteiger partial charge on any atom is 0.319 e. The monoisotopic (exact) mass is 389 g/mol. The van der Waals surface area contributed by atoms with Crippen molar-refractivity contribution in [2.24, 2.45) is 0 Å². The molecule has 2 fully saturated rings. The zero-order chi connectivity index (χ0) is 17.9. The van der Waals surface area contributed by atoms with Crippen LogP contribution in [-0.2, 0) is 6.54 Å². The summed E-state index contributed by atoms with van der Waals surface area (Å²) in [5, 5.41) is 8.76. The summed E-state index contributed by atoms with van der Waals surface area (Å²) >= 11 is 7.96. The van der Waals surface area contributed by atoms with E-state index in [0.29, 0.717) is 22.8 Å². The van der Waals surface area contributed by atoms with Crippen molar-refractivity contribution < 1.29 is 4.79 Å². The fourth-order valence-electron chi connectivity index (χ4n) is 4.34. The lowest BCUT2D eigenvalue weighted by Crippen LogP contribution is -2.56. The second kappa shape index (κ2) is 7.99. The van der Waals surface area contributed by atoms with Gasteiger partial charge in [0, 0.05) is 29.5 Å². The highest BCUT2D eigenvalue weighted by Gasteiger charge is 2.38. The molecule has 2 amide bonds. The van der Waals surface area contributed by atoms with Crippen LogP contribution in [0.15, 0.2) is 41.8 Å². The number of hydrogen-bond acceptors (Lipinski definition) is 3. The van der Waals surface area contributed by atoms with Crippen molar-refractivity contribution in [3.8, 4) is 0 Å². The molecule has 138 valence electrons. The van der Waals surface area contributed by atoms with E-state index in [9.17, 15) is 4.79 Å². The third kappa shape index (κ3) is 4.05. The van der Waals surface area contributed by atoms with Gasteiger partial charge in [0.05, 0.1) is 10.7 Å². The molecule has 4 rings (SSSR count). The zero-order valence-electron chi connectivity index (χ0n) is 14.7. The van der Waals surface area contributed by atoms with Crippen molar-refractivity contribution in [2.75, 3.05) is 5.32 Å². The summed E-state index contributed by atoms with van der Waals surface area (Å²) in [6, 6.07) is 12.9. The first-order valence-electron chi connectivity index (χ1n) is 9.29. The first-order valence-corrected chi connectivity index (χ1v) is 10.5. The van der Waals surface area contributed by atoms with Gasteiger partial charge in [-0.15, -0.1) is 11.3 Å². The molecular weight excluding hydrogens is 366 g/mol. The minimum atomic E-state index is -0.159. The lowest BCUT2D eigenvalue weighted by Gasteiger charge is -2.48. The number of fused-ring (bicyclic) bond motifs is 2. The number of thiophene rings is 1. The Hall–Kier alpha value is -1.56. The number of hydrogen-bond donors (Lipinski definition) is 2. The Kier molecular flexibility index (Phi) is 5.48. The van der Waals surface area contributed by atoms with Gasteiger partial charge in [-0.25, -0.2) is 4.79 Å². The van der Waals surface area contributed by atoms with E-state index in [2.05, 4.69) is 33.0 Å². The quantitative estimate of drug-likeness (QED) is 0.763. The van der Waals surface area contributed by atoms with Crippen LogP contribution in [-0.4, -0.2) is 29.1 Å². The molecule has 1 aromatic heterocycles. The van der Waals surface area contributed by atoms with Gasteiger partial charge in [-0.2, -0.15) is 0 Å². The number of anilines is 1. The molecule has 6 heteroatoms. The number of carbonyl (C=O) groups is 1. The number of nitrogens with zero attached hydrogens (tertiary/aromatic N) is 1. The summed E-state index contributed by atoms with van der Waals surface area (Å²) in [6.45, 7) is 1.05. The number of amides is 2. The second-order valence-corrected chi connectivity index (χ2v) is 8.68. The molecule has 2 N–H and O–H groups in total. The van der Waals surface area contributed by atoms with Crippen molar-refractivity contribution in [2.45, 2.75) is 56.8 Å². The van der Waals surface area contributed by atoms with Gasteiger partial charge in [0.2, 0.25) is 0 Å². The highest BCUT2D eigenvalue weighted by molar-refractivity contribution is 7.09. The SMILES string of the molecule is O=C(Nc1ccccc1Cl)NC1CC2CCCC(C1)N2Cc1cccs1. The first kappa shape index (κ1) is 17.8. The van der Waals surface area contributed by atoms with Crippen LogP contribution in [0, 0.1) is 0 Å².